The Hall–Kier alpha value is -6.52. The van der Waals surface area contributed by atoms with Crippen molar-refractivity contribution in [2.45, 2.75) is 111 Å². The standard InChI is InChI=1S/C62H73N3O7/c1-7-27-68-57-44-15-12-16-45(57)34-47-18-14-20-49(59(47)70-29-9-3)36-51-32-41(31-50(60(51)71-30-10-4)35-48-19-13-17-46(33-44)58(48)69-28-8-2)39-64-62(66)72-61(56-37-43-24-26-65(56)40-42(43)11-5)53-23-25-63-55-22-21-52(67-6)38-54(53)55/h11-23,25,31-32,38,42-43,56,61H,5,7-10,24,26-30,33-37,39-40H2,1-4,6H3,(H,64,66)/t42-,43-,56-,61-/m0/s1. The first-order chi connectivity index (χ1) is 35.3. The predicted molar refractivity (Wildman–Crippen MR) is 286 cm³/mol. The van der Waals surface area contributed by atoms with Gasteiger partial charge in [0.05, 0.1) is 45.1 Å². The number of benzene rings is 5. The Balaban J connectivity index is 1.12. The highest BCUT2D eigenvalue weighted by atomic mass is 16.6. The van der Waals surface area contributed by atoms with Gasteiger partial charge in [-0.3, -0.25) is 9.88 Å². The van der Waals surface area contributed by atoms with E-state index in [4.69, 9.17) is 33.4 Å². The van der Waals surface area contributed by atoms with Crippen LogP contribution in [0.3, 0.4) is 0 Å². The van der Waals surface area contributed by atoms with Gasteiger partial charge in [0.25, 0.3) is 0 Å². The lowest BCUT2D eigenvalue weighted by Crippen LogP contribution is -2.55. The van der Waals surface area contributed by atoms with E-state index < -0.39 is 12.2 Å². The Kier molecular flexibility index (Phi) is 16.7. The molecular weight excluding hydrogens is 899 g/mol. The molecule has 4 heterocycles. The number of amides is 1. The van der Waals surface area contributed by atoms with Gasteiger partial charge in [-0.25, -0.2) is 4.79 Å². The van der Waals surface area contributed by atoms with E-state index in [1.165, 1.54) is 0 Å². The summed E-state index contributed by atoms with van der Waals surface area (Å²) in [6.45, 7) is 17.2. The van der Waals surface area contributed by atoms with E-state index in [1.54, 1.807) is 7.11 Å². The lowest BCUT2D eigenvalue weighted by Gasteiger charge is -2.51. The molecule has 3 aliphatic heterocycles. The molecule has 0 saturated carbocycles. The number of rotatable bonds is 19. The number of carbonyl (C=O) groups excluding carboxylic acids is 1. The number of nitrogens with one attached hydrogen (secondary N) is 1. The quantitative estimate of drug-likeness (QED) is 0.0794. The molecule has 10 bridgehead atoms. The summed E-state index contributed by atoms with van der Waals surface area (Å²) in [5.74, 6) is 5.21. The molecule has 10 rings (SSSR count). The molecule has 0 spiro atoms. The number of pyridine rings is 1. The van der Waals surface area contributed by atoms with E-state index in [-0.39, 0.29) is 12.6 Å². The number of methoxy groups -OCH3 is 1. The average molecular weight is 972 g/mol. The van der Waals surface area contributed by atoms with Crippen molar-refractivity contribution < 1.29 is 33.2 Å². The molecule has 1 N–H and O–H groups in total. The van der Waals surface area contributed by atoms with Crippen LogP contribution in [0.15, 0.2) is 110 Å². The second-order valence-corrected chi connectivity index (χ2v) is 19.8. The fourth-order valence-electron chi connectivity index (χ4n) is 11.2. The molecule has 1 aromatic heterocycles. The summed E-state index contributed by atoms with van der Waals surface area (Å²) in [7, 11) is 1.67. The van der Waals surface area contributed by atoms with E-state index >= 15 is 0 Å². The third kappa shape index (κ3) is 11.2. The number of ether oxygens (including phenoxy) is 6. The largest absolute Gasteiger partial charge is 0.497 e. The van der Waals surface area contributed by atoms with E-state index in [0.717, 1.165) is 147 Å². The van der Waals surface area contributed by atoms with Crippen molar-refractivity contribution in [1.82, 2.24) is 15.2 Å². The number of piperidine rings is 3. The molecule has 72 heavy (non-hydrogen) atoms. The number of alkyl carbamates (subject to hydrolysis) is 1. The summed E-state index contributed by atoms with van der Waals surface area (Å²) in [6, 6.07) is 31.8. The number of fused-ring (bicyclic) bond motifs is 12. The Morgan fingerprint density at radius 1 is 0.694 bits per heavy atom. The van der Waals surface area contributed by atoms with Crippen LogP contribution in [0, 0.1) is 11.8 Å². The zero-order valence-electron chi connectivity index (χ0n) is 43.1. The Bertz CT molecular complexity index is 2740. The van der Waals surface area contributed by atoms with Gasteiger partial charge < -0.3 is 33.7 Å². The maximum atomic E-state index is 14.5. The summed E-state index contributed by atoms with van der Waals surface area (Å²) in [5, 5.41) is 4.15. The molecule has 5 atom stereocenters. The smallest absolute Gasteiger partial charge is 0.408 e. The molecule has 10 nitrogen and oxygen atoms in total. The van der Waals surface area contributed by atoms with Gasteiger partial charge in [-0.1, -0.05) is 88.4 Å². The molecule has 3 fully saturated rings. The lowest BCUT2D eigenvalue weighted by molar-refractivity contribution is -0.0498. The maximum Gasteiger partial charge on any atom is 0.408 e. The molecule has 1 aliphatic carbocycles. The minimum Gasteiger partial charge on any atom is -0.497 e. The minimum atomic E-state index is -0.544. The summed E-state index contributed by atoms with van der Waals surface area (Å²) < 4.78 is 39.4. The molecular formula is C62H73N3O7. The molecule has 1 amide bonds. The zero-order chi connectivity index (χ0) is 50.0. The van der Waals surface area contributed by atoms with E-state index in [9.17, 15) is 4.79 Å². The predicted octanol–water partition coefficient (Wildman–Crippen LogP) is 12.9. The average Bonchev–Trinajstić information content (AvgIpc) is 3.40. The Labute approximate surface area is 427 Å². The first kappa shape index (κ1) is 50.4. The molecule has 6 aromatic rings. The van der Waals surface area contributed by atoms with Crippen LogP contribution >= 0.6 is 0 Å². The molecule has 4 aliphatic rings. The maximum absolute atomic E-state index is 14.5. The Morgan fingerprint density at radius 2 is 1.19 bits per heavy atom. The van der Waals surface area contributed by atoms with Gasteiger partial charge in [-0.2, -0.15) is 0 Å². The van der Waals surface area contributed by atoms with Crippen LogP contribution in [0.25, 0.3) is 10.9 Å². The first-order valence-electron chi connectivity index (χ1n) is 26.5. The lowest BCUT2D eigenvalue weighted by atomic mass is 9.73. The van der Waals surface area contributed by atoms with Crippen LogP contribution in [0.4, 0.5) is 4.79 Å². The first-order valence-corrected chi connectivity index (χ1v) is 26.5. The zero-order valence-corrected chi connectivity index (χ0v) is 43.1. The third-order valence-corrected chi connectivity index (χ3v) is 14.6. The van der Waals surface area contributed by atoms with Crippen molar-refractivity contribution in [3.8, 4) is 28.7 Å². The minimum absolute atomic E-state index is 0.00514. The highest BCUT2D eigenvalue weighted by Gasteiger charge is 2.44. The molecule has 3 saturated heterocycles. The van der Waals surface area contributed by atoms with E-state index in [0.29, 0.717) is 63.9 Å². The van der Waals surface area contributed by atoms with Gasteiger partial charge in [-0.05, 0) is 143 Å². The monoisotopic (exact) mass is 972 g/mol. The normalized spacial score (nSPS) is 18.5. The van der Waals surface area contributed by atoms with Crippen LogP contribution in [-0.2, 0) is 37.0 Å². The molecule has 378 valence electrons. The van der Waals surface area contributed by atoms with Gasteiger partial charge in [-0.15, -0.1) is 6.58 Å². The summed E-state index contributed by atoms with van der Waals surface area (Å²) >= 11 is 0. The molecule has 1 unspecified atom stereocenters. The van der Waals surface area contributed by atoms with Gasteiger partial charge >= 0.3 is 6.09 Å². The van der Waals surface area contributed by atoms with Gasteiger partial charge in [0.15, 0.2) is 0 Å². The number of nitrogens with zero attached hydrogens (tertiary/aromatic N) is 2. The van der Waals surface area contributed by atoms with Crippen molar-refractivity contribution in [3.05, 3.63) is 165 Å². The number of carbonyl (C=O) groups is 1. The second-order valence-electron chi connectivity index (χ2n) is 19.8. The highest BCUT2D eigenvalue weighted by Crippen LogP contribution is 2.45. The molecule has 0 radical (unpaired) electrons. The number of para-hydroxylation sites is 3. The van der Waals surface area contributed by atoms with Crippen LogP contribution in [-0.4, -0.2) is 68.6 Å². The van der Waals surface area contributed by atoms with Gasteiger partial charge in [0, 0.05) is 55.9 Å². The van der Waals surface area contributed by atoms with Crippen molar-refractivity contribution in [3.63, 3.8) is 0 Å². The third-order valence-electron chi connectivity index (χ3n) is 14.6. The molecule has 5 aromatic carbocycles. The van der Waals surface area contributed by atoms with Crippen LogP contribution in [0.2, 0.25) is 0 Å². The Morgan fingerprint density at radius 3 is 1.65 bits per heavy atom. The number of aromatic nitrogens is 1. The van der Waals surface area contributed by atoms with E-state index in [2.05, 4.69) is 117 Å². The summed E-state index contributed by atoms with van der Waals surface area (Å²) in [4.78, 5) is 21.7. The molecule has 10 heteroatoms. The van der Waals surface area contributed by atoms with Crippen LogP contribution in [0.5, 0.6) is 28.7 Å². The van der Waals surface area contributed by atoms with Gasteiger partial charge in [0.1, 0.15) is 34.9 Å². The fraction of sp³-hybridized carbons (Fsp3) is 0.419. The van der Waals surface area contributed by atoms with Crippen molar-refractivity contribution >= 4 is 17.0 Å². The van der Waals surface area contributed by atoms with Crippen LogP contribution < -0.4 is 29.0 Å². The highest BCUT2D eigenvalue weighted by molar-refractivity contribution is 5.84. The topological polar surface area (TPSA) is 101 Å². The van der Waals surface area contributed by atoms with Gasteiger partial charge in [0.2, 0.25) is 0 Å². The van der Waals surface area contributed by atoms with Crippen LogP contribution in [0.1, 0.15) is 128 Å². The number of hydrogen-bond donors (Lipinski definition) is 1. The van der Waals surface area contributed by atoms with E-state index in [1.807, 2.05) is 30.5 Å². The second kappa shape index (κ2) is 23.8. The summed E-state index contributed by atoms with van der Waals surface area (Å²) in [5.41, 5.74) is 11.4. The van der Waals surface area contributed by atoms with Crippen molar-refractivity contribution in [2.24, 2.45) is 11.8 Å². The SMILES string of the molecule is C=C[C@H]1CN2CC[C@H]1C[C@H]2[C@@H](OC(=O)NCc1cc2c(OCCC)c(c1)Cc1cccc(c1OCCC)Cc1cccc(c1OCCC)Cc1cccc(c1OCCC)C2)c1ccnc2ccc(OC)cc12. The summed E-state index contributed by atoms with van der Waals surface area (Å²) in [6.07, 6.45) is 10.8. The number of hydrogen-bond acceptors (Lipinski definition) is 9. The van der Waals surface area contributed by atoms with Crippen molar-refractivity contribution in [1.29, 1.82) is 0 Å². The van der Waals surface area contributed by atoms with Crippen molar-refractivity contribution in [2.75, 3.05) is 46.6 Å². The fourth-order valence-corrected chi connectivity index (χ4v) is 11.2.